The average Bonchev–Trinajstić information content (AvgIpc) is 2.31. The van der Waals surface area contributed by atoms with Gasteiger partial charge in [0, 0.05) is 20.1 Å². The molecule has 0 bridgehead atoms. The van der Waals surface area contributed by atoms with Crippen LogP contribution in [0.1, 0.15) is 27.7 Å². The third kappa shape index (κ3) is 7.31. The molecule has 0 aliphatic carbocycles. The highest BCUT2D eigenvalue weighted by Crippen LogP contribution is 1.94. The van der Waals surface area contributed by atoms with E-state index in [0.29, 0.717) is 13.1 Å². The van der Waals surface area contributed by atoms with Crippen LogP contribution in [0.15, 0.2) is 0 Å². The van der Waals surface area contributed by atoms with Gasteiger partial charge in [0.1, 0.15) is 0 Å². The van der Waals surface area contributed by atoms with Crippen LogP contribution in [0.5, 0.6) is 0 Å². The summed E-state index contributed by atoms with van der Waals surface area (Å²) in [7, 11) is 1.76. The zero-order valence-corrected chi connectivity index (χ0v) is 11.6. The van der Waals surface area contributed by atoms with Gasteiger partial charge >= 0.3 is 0 Å². The highest BCUT2D eigenvalue weighted by molar-refractivity contribution is 5.81. The molecule has 0 saturated carbocycles. The molecule has 2 atom stereocenters. The molecule has 2 unspecified atom stereocenters. The lowest BCUT2D eigenvalue weighted by Gasteiger charge is -2.22. The third-order valence-electron chi connectivity index (χ3n) is 2.50. The maximum absolute atomic E-state index is 11.7. The van der Waals surface area contributed by atoms with Crippen LogP contribution >= 0.6 is 0 Å². The number of nitrogens with zero attached hydrogens (tertiary/aromatic N) is 1. The minimum Gasteiger partial charge on any atom is -0.389 e. The van der Waals surface area contributed by atoms with Gasteiger partial charge in [-0.3, -0.25) is 4.79 Å². The fourth-order valence-electron chi connectivity index (χ4n) is 1.25. The first-order valence-corrected chi connectivity index (χ1v) is 6.16. The second kappa shape index (κ2) is 8.44. The van der Waals surface area contributed by atoms with E-state index in [1.807, 2.05) is 20.8 Å². The summed E-state index contributed by atoms with van der Waals surface area (Å²) >= 11 is 0. The second-order valence-corrected chi connectivity index (χ2v) is 4.52. The van der Waals surface area contributed by atoms with Crippen molar-refractivity contribution in [1.29, 1.82) is 0 Å². The molecule has 0 aliphatic rings. The van der Waals surface area contributed by atoms with Crippen molar-refractivity contribution in [3.05, 3.63) is 0 Å². The van der Waals surface area contributed by atoms with Gasteiger partial charge in [-0.2, -0.15) is 0 Å². The van der Waals surface area contributed by atoms with Crippen molar-refractivity contribution in [3.8, 4) is 0 Å². The van der Waals surface area contributed by atoms with Gasteiger partial charge < -0.3 is 20.1 Å². The first kappa shape index (κ1) is 16.4. The molecule has 0 spiro atoms. The number of likely N-dealkylation sites (N-methyl/N-ethyl adjacent to an activating group) is 1. The maximum atomic E-state index is 11.7. The Morgan fingerprint density at radius 1 is 1.41 bits per heavy atom. The molecule has 0 saturated heterocycles. The molecule has 0 heterocycles. The van der Waals surface area contributed by atoms with E-state index in [0.717, 1.165) is 0 Å². The van der Waals surface area contributed by atoms with Gasteiger partial charge in [-0.25, -0.2) is 0 Å². The topological polar surface area (TPSA) is 61.8 Å². The summed E-state index contributed by atoms with van der Waals surface area (Å²) in [5, 5.41) is 12.6. The molecule has 0 aromatic heterocycles. The second-order valence-electron chi connectivity index (χ2n) is 4.52. The summed E-state index contributed by atoms with van der Waals surface area (Å²) in [6, 6.07) is -0.284. The van der Waals surface area contributed by atoms with Crippen LogP contribution in [0.4, 0.5) is 0 Å². The van der Waals surface area contributed by atoms with Gasteiger partial charge in [0.05, 0.1) is 24.9 Å². The fourth-order valence-corrected chi connectivity index (χ4v) is 1.25. The molecule has 17 heavy (non-hydrogen) atoms. The lowest BCUT2D eigenvalue weighted by Crippen LogP contribution is -2.46. The molecule has 102 valence electrons. The summed E-state index contributed by atoms with van der Waals surface area (Å²) in [5.74, 6) is 0.0319. The van der Waals surface area contributed by atoms with Crippen LogP contribution < -0.4 is 5.32 Å². The Morgan fingerprint density at radius 3 is 2.47 bits per heavy atom. The molecular weight excluding hydrogens is 220 g/mol. The van der Waals surface area contributed by atoms with Gasteiger partial charge in [0.15, 0.2) is 0 Å². The number of carbonyl (C=O) groups is 1. The minimum atomic E-state index is -0.584. The third-order valence-corrected chi connectivity index (χ3v) is 2.50. The predicted molar refractivity (Wildman–Crippen MR) is 67.9 cm³/mol. The lowest BCUT2D eigenvalue weighted by molar-refractivity contribution is -0.131. The number of hydrogen-bond acceptors (Lipinski definition) is 4. The van der Waals surface area contributed by atoms with Crippen LogP contribution in [0.2, 0.25) is 0 Å². The quantitative estimate of drug-likeness (QED) is 0.643. The van der Waals surface area contributed by atoms with E-state index in [9.17, 15) is 9.90 Å². The van der Waals surface area contributed by atoms with Crippen molar-refractivity contribution in [2.24, 2.45) is 0 Å². The van der Waals surface area contributed by atoms with E-state index in [2.05, 4.69) is 5.32 Å². The van der Waals surface area contributed by atoms with Crippen LogP contribution in [0, 0.1) is 0 Å². The number of amides is 1. The number of aliphatic hydroxyl groups excluding tert-OH is 1. The monoisotopic (exact) mass is 246 g/mol. The largest absolute Gasteiger partial charge is 0.389 e. The first-order chi connectivity index (χ1) is 7.88. The highest BCUT2D eigenvalue weighted by Gasteiger charge is 2.16. The smallest absolute Gasteiger partial charge is 0.239 e. The van der Waals surface area contributed by atoms with E-state index in [-0.39, 0.29) is 24.7 Å². The number of ether oxygens (including phenoxy) is 1. The van der Waals surface area contributed by atoms with Crippen LogP contribution in [-0.2, 0) is 9.53 Å². The summed E-state index contributed by atoms with van der Waals surface area (Å²) in [5.41, 5.74) is 0. The number of nitrogens with one attached hydrogen (secondary N) is 1. The summed E-state index contributed by atoms with van der Waals surface area (Å²) in [6.07, 6.45) is -0.477. The Bertz CT molecular complexity index is 222. The van der Waals surface area contributed by atoms with E-state index < -0.39 is 6.10 Å². The zero-order valence-electron chi connectivity index (χ0n) is 11.6. The van der Waals surface area contributed by atoms with Gasteiger partial charge in [0.2, 0.25) is 5.91 Å². The molecule has 1 amide bonds. The molecule has 0 rings (SSSR count). The first-order valence-electron chi connectivity index (χ1n) is 6.16. The van der Waals surface area contributed by atoms with Crippen molar-refractivity contribution < 1.29 is 14.6 Å². The Labute approximate surface area is 104 Å². The van der Waals surface area contributed by atoms with Crippen molar-refractivity contribution in [3.63, 3.8) is 0 Å². The van der Waals surface area contributed by atoms with Gasteiger partial charge in [-0.1, -0.05) is 0 Å². The van der Waals surface area contributed by atoms with E-state index in [1.165, 1.54) is 0 Å². The maximum Gasteiger partial charge on any atom is 0.239 e. The van der Waals surface area contributed by atoms with Crippen molar-refractivity contribution in [1.82, 2.24) is 10.2 Å². The van der Waals surface area contributed by atoms with Crippen LogP contribution in [0.3, 0.4) is 0 Å². The Hall–Kier alpha value is -0.650. The van der Waals surface area contributed by atoms with Gasteiger partial charge in [0.25, 0.3) is 0 Å². The molecule has 0 aromatic carbocycles. The molecule has 5 heteroatoms. The molecular formula is C12H26N2O3. The van der Waals surface area contributed by atoms with Crippen molar-refractivity contribution >= 4 is 5.91 Å². The summed E-state index contributed by atoms with van der Waals surface area (Å²) in [4.78, 5) is 13.4. The predicted octanol–water partition coefficient (Wildman–Crippen LogP) is 0.229. The SMILES string of the molecule is CCN(C)C(=O)C(C)NCC(O)COC(C)C. The Morgan fingerprint density at radius 2 is 2.00 bits per heavy atom. The van der Waals surface area contributed by atoms with Crippen LogP contribution in [0.25, 0.3) is 0 Å². The van der Waals surface area contributed by atoms with E-state index in [4.69, 9.17) is 4.74 Å². The van der Waals surface area contributed by atoms with Gasteiger partial charge in [-0.05, 0) is 27.7 Å². The fraction of sp³-hybridized carbons (Fsp3) is 0.917. The van der Waals surface area contributed by atoms with Gasteiger partial charge in [-0.15, -0.1) is 0 Å². The van der Waals surface area contributed by atoms with Crippen molar-refractivity contribution in [2.75, 3.05) is 26.7 Å². The molecule has 2 N–H and O–H groups in total. The number of aliphatic hydroxyl groups is 1. The molecule has 0 aromatic rings. The highest BCUT2D eigenvalue weighted by atomic mass is 16.5. The van der Waals surface area contributed by atoms with E-state index in [1.54, 1.807) is 18.9 Å². The summed E-state index contributed by atoms with van der Waals surface area (Å²) < 4.78 is 5.28. The van der Waals surface area contributed by atoms with Crippen molar-refractivity contribution in [2.45, 2.75) is 45.9 Å². The van der Waals surface area contributed by atoms with Crippen LogP contribution in [-0.4, -0.2) is 60.9 Å². The number of hydrogen-bond donors (Lipinski definition) is 2. The molecule has 0 radical (unpaired) electrons. The molecule has 0 aliphatic heterocycles. The normalized spacial score (nSPS) is 14.8. The minimum absolute atomic E-state index is 0.0319. The molecule has 0 fully saturated rings. The zero-order chi connectivity index (χ0) is 13.4. The summed E-state index contributed by atoms with van der Waals surface area (Å²) in [6.45, 7) is 8.89. The Balaban J connectivity index is 3.82. The lowest BCUT2D eigenvalue weighted by atomic mass is 10.2. The standard InChI is InChI=1S/C12H26N2O3/c1-6-14(5)12(16)10(4)13-7-11(15)8-17-9(2)3/h9-11,13,15H,6-8H2,1-5H3. The number of carbonyl (C=O) groups excluding carboxylic acids is 1. The Kier molecular flexibility index (Phi) is 8.12. The average molecular weight is 246 g/mol. The van der Waals surface area contributed by atoms with E-state index >= 15 is 0 Å². The molecule has 5 nitrogen and oxygen atoms in total. The number of rotatable bonds is 8.